The molecule has 0 saturated heterocycles. The van der Waals surface area contributed by atoms with E-state index < -0.39 is 5.60 Å². The van der Waals surface area contributed by atoms with Gasteiger partial charge >= 0.3 is 0 Å². The predicted octanol–water partition coefficient (Wildman–Crippen LogP) is 2.98. The second-order valence-corrected chi connectivity index (χ2v) is 5.69. The molecule has 4 heteroatoms. The molecule has 1 aromatic rings. The van der Waals surface area contributed by atoms with Gasteiger partial charge in [-0.25, -0.2) is 4.39 Å². The second kappa shape index (κ2) is 5.46. The molecular formula is C13H17BrFNO. The van der Waals surface area contributed by atoms with Crippen LogP contribution in [0.1, 0.15) is 31.2 Å². The lowest BCUT2D eigenvalue weighted by atomic mass is 10.0. The van der Waals surface area contributed by atoms with Crippen molar-refractivity contribution < 1.29 is 9.50 Å². The summed E-state index contributed by atoms with van der Waals surface area (Å²) >= 11 is 3.23. The van der Waals surface area contributed by atoms with E-state index in [4.69, 9.17) is 0 Å². The molecule has 1 saturated carbocycles. The first-order valence-corrected chi connectivity index (χ1v) is 6.75. The highest BCUT2D eigenvalue weighted by atomic mass is 79.9. The van der Waals surface area contributed by atoms with E-state index in [0.717, 1.165) is 30.2 Å². The molecule has 0 spiro atoms. The van der Waals surface area contributed by atoms with Gasteiger partial charge in [-0.3, -0.25) is 0 Å². The Bertz CT molecular complexity index is 391. The monoisotopic (exact) mass is 301 g/mol. The first kappa shape index (κ1) is 13.0. The molecule has 1 aliphatic rings. The van der Waals surface area contributed by atoms with Gasteiger partial charge in [-0.2, -0.15) is 0 Å². The highest BCUT2D eigenvalue weighted by Gasteiger charge is 2.30. The number of rotatable bonds is 4. The summed E-state index contributed by atoms with van der Waals surface area (Å²) in [5.41, 5.74) is 0.0565. The molecule has 0 atom stereocenters. The van der Waals surface area contributed by atoms with Crippen molar-refractivity contribution in [2.24, 2.45) is 0 Å². The topological polar surface area (TPSA) is 32.3 Å². The molecule has 0 radical (unpaired) electrons. The van der Waals surface area contributed by atoms with Gasteiger partial charge in [0.25, 0.3) is 0 Å². The fourth-order valence-corrected chi connectivity index (χ4v) is 2.64. The normalized spacial score (nSPS) is 18.5. The van der Waals surface area contributed by atoms with Crippen molar-refractivity contribution in [2.75, 3.05) is 6.54 Å². The lowest BCUT2D eigenvalue weighted by molar-refractivity contribution is 0.0474. The SMILES string of the molecule is OC1(CNCc2ccc(Br)cc2F)CCCC1. The zero-order chi connectivity index (χ0) is 12.3. The van der Waals surface area contributed by atoms with Crippen LogP contribution in [0, 0.1) is 5.82 Å². The van der Waals surface area contributed by atoms with Crippen LogP contribution in [0.2, 0.25) is 0 Å². The lowest BCUT2D eigenvalue weighted by Gasteiger charge is -2.22. The van der Waals surface area contributed by atoms with Gasteiger partial charge in [0.05, 0.1) is 5.60 Å². The third kappa shape index (κ3) is 3.50. The van der Waals surface area contributed by atoms with E-state index in [0.29, 0.717) is 18.7 Å². The Morgan fingerprint density at radius 2 is 2.06 bits per heavy atom. The van der Waals surface area contributed by atoms with E-state index in [2.05, 4.69) is 21.2 Å². The van der Waals surface area contributed by atoms with Crippen LogP contribution in [-0.2, 0) is 6.54 Å². The molecule has 2 rings (SSSR count). The zero-order valence-electron chi connectivity index (χ0n) is 9.68. The van der Waals surface area contributed by atoms with Crippen LogP contribution >= 0.6 is 15.9 Å². The quantitative estimate of drug-likeness (QED) is 0.896. The van der Waals surface area contributed by atoms with E-state index in [-0.39, 0.29) is 5.82 Å². The Morgan fingerprint density at radius 1 is 1.35 bits per heavy atom. The van der Waals surface area contributed by atoms with Crippen LogP contribution in [0.15, 0.2) is 22.7 Å². The summed E-state index contributed by atoms with van der Waals surface area (Å²) in [4.78, 5) is 0. The maximum absolute atomic E-state index is 13.5. The van der Waals surface area contributed by atoms with E-state index in [9.17, 15) is 9.50 Å². The third-order valence-electron chi connectivity index (χ3n) is 3.32. The Labute approximate surface area is 109 Å². The highest BCUT2D eigenvalue weighted by Crippen LogP contribution is 2.28. The Balaban J connectivity index is 1.85. The molecule has 2 N–H and O–H groups in total. The summed E-state index contributed by atoms with van der Waals surface area (Å²) in [6, 6.07) is 5.04. The second-order valence-electron chi connectivity index (χ2n) is 4.77. The van der Waals surface area contributed by atoms with Crippen LogP contribution in [-0.4, -0.2) is 17.3 Å². The van der Waals surface area contributed by atoms with Gasteiger partial charge in [-0.05, 0) is 25.0 Å². The maximum Gasteiger partial charge on any atom is 0.128 e. The molecule has 1 fully saturated rings. The highest BCUT2D eigenvalue weighted by molar-refractivity contribution is 9.10. The standard InChI is InChI=1S/C13H17BrFNO/c14-11-4-3-10(12(15)7-11)8-16-9-13(17)5-1-2-6-13/h3-4,7,16-17H,1-2,5-6,8-9H2. The van der Waals surface area contributed by atoms with Crippen LogP contribution in [0.25, 0.3) is 0 Å². The number of hydrogen-bond donors (Lipinski definition) is 2. The summed E-state index contributed by atoms with van der Waals surface area (Å²) in [6.45, 7) is 1.00. The first-order valence-electron chi connectivity index (χ1n) is 5.96. The Kier molecular flexibility index (Phi) is 4.17. The number of nitrogens with one attached hydrogen (secondary N) is 1. The Hall–Kier alpha value is -0.450. The van der Waals surface area contributed by atoms with Crippen LogP contribution in [0.3, 0.4) is 0 Å². The molecule has 1 aliphatic carbocycles. The molecule has 0 aliphatic heterocycles. The van der Waals surface area contributed by atoms with Gasteiger partial charge in [0.2, 0.25) is 0 Å². The van der Waals surface area contributed by atoms with Crippen LogP contribution < -0.4 is 5.32 Å². The number of halogens is 2. The van der Waals surface area contributed by atoms with E-state index in [1.807, 2.05) is 6.07 Å². The van der Waals surface area contributed by atoms with Crippen molar-refractivity contribution >= 4 is 15.9 Å². The Morgan fingerprint density at radius 3 is 2.71 bits per heavy atom. The van der Waals surface area contributed by atoms with Crippen molar-refractivity contribution in [1.29, 1.82) is 0 Å². The molecule has 2 nitrogen and oxygen atoms in total. The van der Waals surface area contributed by atoms with Gasteiger partial charge in [-0.15, -0.1) is 0 Å². The summed E-state index contributed by atoms with van der Waals surface area (Å²) in [5.74, 6) is -0.217. The molecule has 0 unspecified atom stereocenters. The largest absolute Gasteiger partial charge is 0.389 e. The smallest absolute Gasteiger partial charge is 0.128 e. The minimum absolute atomic E-state index is 0.217. The van der Waals surface area contributed by atoms with Crippen LogP contribution in [0.4, 0.5) is 4.39 Å². The zero-order valence-corrected chi connectivity index (χ0v) is 11.3. The fourth-order valence-electron chi connectivity index (χ4n) is 2.30. The molecule has 0 bridgehead atoms. The molecule has 0 aromatic heterocycles. The van der Waals surface area contributed by atoms with E-state index >= 15 is 0 Å². The first-order chi connectivity index (χ1) is 8.09. The average molecular weight is 302 g/mol. The minimum atomic E-state index is -0.578. The van der Waals surface area contributed by atoms with Crippen molar-refractivity contribution in [3.05, 3.63) is 34.1 Å². The summed E-state index contributed by atoms with van der Waals surface area (Å²) in [6.07, 6.45) is 3.88. The summed E-state index contributed by atoms with van der Waals surface area (Å²) in [7, 11) is 0. The van der Waals surface area contributed by atoms with Crippen molar-refractivity contribution in [2.45, 2.75) is 37.8 Å². The van der Waals surface area contributed by atoms with Gasteiger partial charge in [0.15, 0.2) is 0 Å². The predicted molar refractivity (Wildman–Crippen MR) is 69.2 cm³/mol. The van der Waals surface area contributed by atoms with Crippen LogP contribution in [0.5, 0.6) is 0 Å². The fraction of sp³-hybridized carbons (Fsp3) is 0.538. The maximum atomic E-state index is 13.5. The number of benzene rings is 1. The van der Waals surface area contributed by atoms with Crippen molar-refractivity contribution in [3.63, 3.8) is 0 Å². The number of aliphatic hydroxyl groups is 1. The molecule has 94 valence electrons. The van der Waals surface area contributed by atoms with Gasteiger partial charge in [0, 0.05) is 23.1 Å². The van der Waals surface area contributed by atoms with E-state index in [1.165, 1.54) is 6.07 Å². The molecular weight excluding hydrogens is 285 g/mol. The number of hydrogen-bond acceptors (Lipinski definition) is 2. The third-order valence-corrected chi connectivity index (χ3v) is 3.81. The van der Waals surface area contributed by atoms with Crippen molar-refractivity contribution in [1.82, 2.24) is 5.32 Å². The van der Waals surface area contributed by atoms with Gasteiger partial charge in [0.1, 0.15) is 5.82 Å². The summed E-state index contributed by atoms with van der Waals surface area (Å²) in [5, 5.41) is 13.3. The van der Waals surface area contributed by atoms with E-state index in [1.54, 1.807) is 6.07 Å². The molecule has 0 amide bonds. The van der Waals surface area contributed by atoms with Gasteiger partial charge in [-0.1, -0.05) is 34.8 Å². The van der Waals surface area contributed by atoms with Crippen molar-refractivity contribution in [3.8, 4) is 0 Å². The molecule has 1 aromatic carbocycles. The average Bonchev–Trinajstić information content (AvgIpc) is 2.69. The lowest BCUT2D eigenvalue weighted by Crippen LogP contribution is -2.37. The minimum Gasteiger partial charge on any atom is -0.389 e. The summed E-state index contributed by atoms with van der Waals surface area (Å²) < 4.78 is 14.3. The van der Waals surface area contributed by atoms with Gasteiger partial charge < -0.3 is 10.4 Å². The molecule has 17 heavy (non-hydrogen) atoms. The molecule has 0 heterocycles.